The first-order chi connectivity index (χ1) is 7.43. The lowest BCUT2D eigenvalue weighted by Crippen LogP contribution is -1.78. The number of pyridine rings is 1. The number of aromatic nitrogens is 1. The number of nitrogens with zero attached hydrogens (tertiary/aromatic N) is 1. The highest BCUT2D eigenvalue weighted by molar-refractivity contribution is 7.13. The normalized spacial score (nSPS) is 10.7. The van der Waals surface area contributed by atoms with E-state index < -0.39 is 0 Å². The van der Waals surface area contributed by atoms with Crippen molar-refractivity contribution in [3.8, 4) is 10.4 Å². The first-order valence-corrected chi connectivity index (χ1v) is 5.56. The van der Waals surface area contributed by atoms with Gasteiger partial charge < -0.3 is 0 Å². The zero-order valence-electron chi connectivity index (χ0n) is 7.97. The van der Waals surface area contributed by atoms with E-state index >= 15 is 0 Å². The Morgan fingerprint density at radius 1 is 1.13 bits per heavy atom. The molecule has 0 aliphatic heterocycles. The van der Waals surface area contributed by atoms with Crippen LogP contribution >= 0.6 is 11.3 Å². The first kappa shape index (κ1) is 8.62. The van der Waals surface area contributed by atoms with Gasteiger partial charge in [-0.1, -0.05) is 12.1 Å². The van der Waals surface area contributed by atoms with E-state index in [-0.39, 0.29) is 0 Å². The molecular weight excluding hydrogens is 202 g/mol. The van der Waals surface area contributed by atoms with Gasteiger partial charge in [-0.2, -0.15) is 0 Å². The van der Waals surface area contributed by atoms with Gasteiger partial charge in [0.2, 0.25) is 0 Å². The van der Waals surface area contributed by atoms with Crippen molar-refractivity contribution in [2.24, 2.45) is 0 Å². The standard InChI is InChI=1S/C13H8NS/c1-3-10-9-11(13-4-2-8-15-13)5-6-12(10)14-7-1/h1-7,9H. The number of thiophene rings is 1. The Labute approximate surface area is 92.0 Å². The molecule has 0 amide bonds. The zero-order valence-corrected chi connectivity index (χ0v) is 8.79. The van der Waals surface area contributed by atoms with Crippen molar-refractivity contribution in [2.75, 3.05) is 0 Å². The summed E-state index contributed by atoms with van der Waals surface area (Å²) in [5.74, 6) is 0. The number of benzene rings is 1. The van der Waals surface area contributed by atoms with Crippen molar-refractivity contribution in [3.05, 3.63) is 54.0 Å². The van der Waals surface area contributed by atoms with Crippen LogP contribution in [0.5, 0.6) is 0 Å². The Morgan fingerprint density at radius 3 is 3.00 bits per heavy atom. The maximum absolute atomic E-state index is 4.30. The minimum absolute atomic E-state index is 1.04. The summed E-state index contributed by atoms with van der Waals surface area (Å²) in [6, 6.07) is 14.4. The van der Waals surface area contributed by atoms with E-state index in [0.717, 1.165) is 5.52 Å². The molecule has 0 aliphatic carbocycles. The topological polar surface area (TPSA) is 12.9 Å². The summed E-state index contributed by atoms with van der Waals surface area (Å²) >= 11 is 1.64. The van der Waals surface area contributed by atoms with Crippen molar-refractivity contribution in [2.45, 2.75) is 0 Å². The second kappa shape index (κ2) is 3.48. The van der Waals surface area contributed by atoms with Crippen molar-refractivity contribution < 1.29 is 0 Å². The molecular formula is C13H8NS. The van der Waals surface area contributed by atoms with E-state index in [1.165, 1.54) is 15.8 Å². The third-order valence-corrected chi connectivity index (χ3v) is 3.20. The summed E-state index contributed by atoms with van der Waals surface area (Å²) in [7, 11) is 0. The van der Waals surface area contributed by atoms with Gasteiger partial charge in [0.15, 0.2) is 0 Å². The Morgan fingerprint density at radius 2 is 2.13 bits per heavy atom. The van der Waals surface area contributed by atoms with E-state index in [9.17, 15) is 0 Å². The van der Waals surface area contributed by atoms with Crippen LogP contribution in [-0.2, 0) is 0 Å². The van der Waals surface area contributed by atoms with Gasteiger partial charge in [-0.15, -0.1) is 11.3 Å². The summed E-state index contributed by atoms with van der Waals surface area (Å²) in [6.07, 6.45) is 1.82. The molecule has 2 heterocycles. The molecule has 0 unspecified atom stereocenters. The molecule has 15 heavy (non-hydrogen) atoms. The molecule has 0 spiro atoms. The van der Waals surface area contributed by atoms with E-state index in [4.69, 9.17) is 0 Å². The van der Waals surface area contributed by atoms with Crippen LogP contribution in [0.2, 0.25) is 0 Å². The SMILES string of the molecule is [c]1ccc(-c2ccc3ncccc3c2)s1. The average Bonchev–Trinajstić information content (AvgIpc) is 2.82. The zero-order chi connectivity index (χ0) is 10.1. The van der Waals surface area contributed by atoms with Crippen LogP contribution in [-0.4, -0.2) is 4.98 Å². The maximum Gasteiger partial charge on any atom is 0.0702 e. The van der Waals surface area contributed by atoms with Gasteiger partial charge in [0.1, 0.15) is 0 Å². The minimum Gasteiger partial charge on any atom is -0.256 e. The highest BCUT2D eigenvalue weighted by Gasteiger charge is 2.00. The van der Waals surface area contributed by atoms with E-state index in [1.807, 2.05) is 18.3 Å². The fourth-order valence-electron chi connectivity index (χ4n) is 1.63. The average molecular weight is 210 g/mol. The van der Waals surface area contributed by atoms with Crippen molar-refractivity contribution in [1.29, 1.82) is 0 Å². The van der Waals surface area contributed by atoms with Gasteiger partial charge in [-0.05, 0) is 35.9 Å². The number of hydrogen-bond acceptors (Lipinski definition) is 2. The quantitative estimate of drug-likeness (QED) is 0.596. The molecule has 0 bridgehead atoms. The van der Waals surface area contributed by atoms with Crippen LogP contribution in [0.25, 0.3) is 21.3 Å². The van der Waals surface area contributed by atoms with E-state index in [0.29, 0.717) is 0 Å². The second-order valence-corrected chi connectivity index (χ2v) is 4.21. The van der Waals surface area contributed by atoms with Crippen molar-refractivity contribution >= 4 is 22.2 Å². The summed E-state index contributed by atoms with van der Waals surface area (Å²) in [5.41, 5.74) is 2.28. The molecule has 1 nitrogen and oxygen atoms in total. The highest BCUT2D eigenvalue weighted by atomic mass is 32.1. The Kier molecular flexibility index (Phi) is 2.00. The van der Waals surface area contributed by atoms with Gasteiger partial charge in [0, 0.05) is 21.8 Å². The molecule has 0 N–H and O–H groups in total. The van der Waals surface area contributed by atoms with Crippen LogP contribution in [0.4, 0.5) is 0 Å². The fourth-order valence-corrected chi connectivity index (χ4v) is 2.27. The number of rotatable bonds is 1. The molecule has 0 saturated heterocycles. The molecule has 71 valence electrons. The van der Waals surface area contributed by atoms with Crippen molar-refractivity contribution in [3.63, 3.8) is 0 Å². The Bertz CT molecular complexity index is 584. The molecule has 1 radical (unpaired) electrons. The summed E-state index contributed by atoms with van der Waals surface area (Å²) in [6.45, 7) is 0. The molecule has 2 heteroatoms. The first-order valence-electron chi connectivity index (χ1n) is 4.74. The molecule has 2 aromatic heterocycles. The Hall–Kier alpha value is -1.67. The third-order valence-electron chi connectivity index (χ3n) is 2.36. The molecule has 0 saturated carbocycles. The Balaban J connectivity index is 2.22. The third kappa shape index (κ3) is 1.53. The molecule has 0 fully saturated rings. The number of hydrogen-bond donors (Lipinski definition) is 0. The minimum atomic E-state index is 1.04. The molecule has 0 atom stereocenters. The van der Waals surface area contributed by atoms with Crippen LogP contribution in [0.3, 0.4) is 0 Å². The monoisotopic (exact) mass is 210 g/mol. The lowest BCUT2D eigenvalue weighted by atomic mass is 10.1. The fraction of sp³-hybridized carbons (Fsp3) is 0. The summed E-state index contributed by atoms with van der Waals surface area (Å²) < 4.78 is 0. The van der Waals surface area contributed by atoms with Gasteiger partial charge >= 0.3 is 0 Å². The maximum atomic E-state index is 4.30. The molecule has 0 aliphatic rings. The predicted molar refractivity (Wildman–Crippen MR) is 63.9 cm³/mol. The van der Waals surface area contributed by atoms with Crippen LogP contribution in [0.15, 0.2) is 48.7 Å². The van der Waals surface area contributed by atoms with E-state index in [2.05, 4.69) is 40.7 Å². The second-order valence-electron chi connectivity index (χ2n) is 3.33. The summed E-state index contributed by atoms with van der Waals surface area (Å²) in [5, 5.41) is 4.29. The number of fused-ring (bicyclic) bond motifs is 1. The molecule has 3 aromatic rings. The van der Waals surface area contributed by atoms with Gasteiger partial charge in [0.25, 0.3) is 0 Å². The lowest BCUT2D eigenvalue weighted by molar-refractivity contribution is 1.41. The molecule has 3 rings (SSSR count). The largest absolute Gasteiger partial charge is 0.256 e. The van der Waals surface area contributed by atoms with Crippen molar-refractivity contribution in [1.82, 2.24) is 4.98 Å². The van der Waals surface area contributed by atoms with Gasteiger partial charge in [-0.25, -0.2) is 0 Å². The molecule has 1 aromatic carbocycles. The summed E-state index contributed by atoms with van der Waals surface area (Å²) in [4.78, 5) is 5.55. The highest BCUT2D eigenvalue weighted by Crippen LogP contribution is 2.26. The van der Waals surface area contributed by atoms with Gasteiger partial charge in [-0.3, -0.25) is 4.98 Å². The van der Waals surface area contributed by atoms with Crippen LogP contribution in [0.1, 0.15) is 0 Å². The van der Waals surface area contributed by atoms with E-state index in [1.54, 1.807) is 11.3 Å². The van der Waals surface area contributed by atoms with Crippen LogP contribution < -0.4 is 0 Å². The van der Waals surface area contributed by atoms with Crippen LogP contribution in [0, 0.1) is 5.38 Å². The van der Waals surface area contributed by atoms with Gasteiger partial charge in [0.05, 0.1) is 5.52 Å². The smallest absolute Gasteiger partial charge is 0.0702 e. The predicted octanol–water partition coefficient (Wildman–Crippen LogP) is 3.76. The lowest BCUT2D eigenvalue weighted by Gasteiger charge is -2.00.